The first-order valence-corrected chi connectivity index (χ1v) is 3.49. The molecule has 0 atom stereocenters. The van der Waals surface area contributed by atoms with Crippen LogP contribution in [0, 0.1) is 5.82 Å². The van der Waals surface area contributed by atoms with Gasteiger partial charge in [0, 0.05) is 6.42 Å². The second-order valence-electron chi connectivity index (χ2n) is 2.12. The van der Waals surface area contributed by atoms with Crippen LogP contribution in [0.5, 0.6) is 0 Å². The summed E-state index contributed by atoms with van der Waals surface area (Å²) in [7, 11) is 0. The quantitative estimate of drug-likeness (QED) is 0.625. The molecule has 0 amide bonds. The molecule has 0 aliphatic rings. The molecule has 1 rings (SSSR count). The summed E-state index contributed by atoms with van der Waals surface area (Å²) in [6.45, 7) is 0. The van der Waals surface area contributed by atoms with Gasteiger partial charge in [0.25, 0.3) is 0 Å². The Bertz CT molecular complexity index is 273. The topological polar surface area (TPSA) is 17.1 Å². The van der Waals surface area contributed by atoms with Gasteiger partial charge in [0.15, 0.2) is 0 Å². The maximum atomic E-state index is 12.7. The molecule has 11 heavy (non-hydrogen) atoms. The molecule has 0 bridgehead atoms. The summed E-state index contributed by atoms with van der Waals surface area (Å²) in [4.78, 5) is 10.4. The molecular weight excluding hydrogens is 167 g/mol. The van der Waals surface area contributed by atoms with Gasteiger partial charge in [-0.25, -0.2) is 4.39 Å². The lowest BCUT2D eigenvalue weighted by Gasteiger charge is -1.96. The average molecular weight is 173 g/mol. The van der Waals surface area contributed by atoms with Crippen molar-refractivity contribution < 1.29 is 9.18 Å². The summed E-state index contributed by atoms with van der Waals surface area (Å²) in [5.74, 6) is -0.387. The third-order valence-electron chi connectivity index (χ3n) is 1.29. The van der Waals surface area contributed by atoms with Crippen molar-refractivity contribution in [1.29, 1.82) is 0 Å². The molecule has 3 heteroatoms. The standard InChI is InChI=1S/C8H6ClFO/c9-8(11)5-6-3-1-2-4-7(6)10/h1-4H,5H2. The van der Waals surface area contributed by atoms with E-state index in [0.717, 1.165) is 0 Å². The van der Waals surface area contributed by atoms with E-state index >= 15 is 0 Å². The third-order valence-corrected chi connectivity index (χ3v) is 1.42. The summed E-state index contributed by atoms with van der Waals surface area (Å²) < 4.78 is 12.7. The number of carbonyl (C=O) groups excluding carboxylic acids is 1. The molecule has 0 aliphatic heterocycles. The maximum absolute atomic E-state index is 12.7. The minimum Gasteiger partial charge on any atom is -0.281 e. The largest absolute Gasteiger partial charge is 0.281 e. The van der Waals surface area contributed by atoms with E-state index in [4.69, 9.17) is 11.6 Å². The lowest BCUT2D eigenvalue weighted by atomic mass is 10.1. The fourth-order valence-electron chi connectivity index (χ4n) is 0.791. The summed E-state index contributed by atoms with van der Waals surface area (Å²) in [6, 6.07) is 6.07. The summed E-state index contributed by atoms with van der Waals surface area (Å²) in [5.41, 5.74) is 0.340. The average Bonchev–Trinajstić information content (AvgIpc) is 1.93. The van der Waals surface area contributed by atoms with Crippen LogP contribution in [0.25, 0.3) is 0 Å². The van der Waals surface area contributed by atoms with E-state index in [1.54, 1.807) is 12.1 Å². The van der Waals surface area contributed by atoms with Crippen molar-refractivity contribution in [2.75, 3.05) is 0 Å². The van der Waals surface area contributed by atoms with Gasteiger partial charge >= 0.3 is 0 Å². The highest BCUT2D eigenvalue weighted by Crippen LogP contribution is 2.07. The Labute approximate surface area is 68.8 Å². The lowest BCUT2D eigenvalue weighted by molar-refractivity contribution is -0.111. The Morgan fingerprint density at radius 1 is 1.45 bits per heavy atom. The van der Waals surface area contributed by atoms with Gasteiger partial charge in [0.1, 0.15) is 5.82 Å². The summed E-state index contributed by atoms with van der Waals surface area (Å²) in [6.07, 6.45) is -0.0474. The van der Waals surface area contributed by atoms with Crippen molar-refractivity contribution in [2.24, 2.45) is 0 Å². The van der Waals surface area contributed by atoms with E-state index in [1.165, 1.54) is 12.1 Å². The number of hydrogen-bond acceptors (Lipinski definition) is 1. The fourth-order valence-corrected chi connectivity index (χ4v) is 0.935. The van der Waals surface area contributed by atoms with Crippen molar-refractivity contribution in [1.82, 2.24) is 0 Å². The van der Waals surface area contributed by atoms with Gasteiger partial charge < -0.3 is 0 Å². The molecule has 0 saturated carbocycles. The lowest BCUT2D eigenvalue weighted by Crippen LogP contribution is -1.95. The summed E-state index contributed by atoms with van der Waals surface area (Å²) in [5, 5.41) is -0.546. The van der Waals surface area contributed by atoms with E-state index in [1.807, 2.05) is 0 Å². The normalized spacial score (nSPS) is 9.64. The molecule has 1 aromatic rings. The van der Waals surface area contributed by atoms with Crippen LogP contribution >= 0.6 is 11.6 Å². The predicted octanol–water partition coefficient (Wildman–Crippen LogP) is 2.13. The van der Waals surface area contributed by atoms with Crippen LogP contribution in [-0.4, -0.2) is 5.24 Å². The number of carbonyl (C=O) groups is 1. The van der Waals surface area contributed by atoms with Crippen molar-refractivity contribution in [3.05, 3.63) is 35.6 Å². The molecule has 0 spiro atoms. The van der Waals surface area contributed by atoms with Crippen LogP contribution < -0.4 is 0 Å². The Hall–Kier alpha value is -0.890. The highest BCUT2D eigenvalue weighted by molar-refractivity contribution is 6.63. The minimum atomic E-state index is -0.546. The smallest absolute Gasteiger partial charge is 0.226 e. The monoisotopic (exact) mass is 172 g/mol. The molecule has 0 radical (unpaired) electrons. The van der Waals surface area contributed by atoms with Crippen molar-refractivity contribution in [2.45, 2.75) is 6.42 Å². The Kier molecular flexibility index (Phi) is 2.60. The van der Waals surface area contributed by atoms with E-state index in [0.29, 0.717) is 5.56 Å². The molecule has 1 aromatic carbocycles. The first kappa shape index (κ1) is 8.21. The first-order chi connectivity index (χ1) is 5.20. The molecule has 0 heterocycles. The summed E-state index contributed by atoms with van der Waals surface area (Å²) >= 11 is 5.08. The zero-order valence-electron chi connectivity index (χ0n) is 5.68. The second kappa shape index (κ2) is 3.49. The SMILES string of the molecule is O=C(Cl)Cc1ccccc1F. The predicted molar refractivity (Wildman–Crippen MR) is 41.0 cm³/mol. The van der Waals surface area contributed by atoms with Crippen molar-refractivity contribution >= 4 is 16.8 Å². The zero-order chi connectivity index (χ0) is 8.27. The van der Waals surface area contributed by atoms with Gasteiger partial charge in [-0.05, 0) is 23.2 Å². The molecule has 0 aromatic heterocycles. The fraction of sp³-hybridized carbons (Fsp3) is 0.125. The Balaban J connectivity index is 2.86. The van der Waals surface area contributed by atoms with Gasteiger partial charge in [0.05, 0.1) is 0 Å². The molecule has 0 fully saturated rings. The maximum Gasteiger partial charge on any atom is 0.226 e. The van der Waals surface area contributed by atoms with E-state index < -0.39 is 5.24 Å². The molecule has 1 nitrogen and oxygen atoms in total. The van der Waals surface area contributed by atoms with Crippen LogP contribution in [-0.2, 0) is 11.2 Å². The molecule has 0 saturated heterocycles. The van der Waals surface area contributed by atoms with Crippen LogP contribution in [0.1, 0.15) is 5.56 Å². The van der Waals surface area contributed by atoms with E-state index in [-0.39, 0.29) is 12.2 Å². The zero-order valence-corrected chi connectivity index (χ0v) is 6.44. The molecule has 0 aliphatic carbocycles. The number of benzene rings is 1. The molecule has 0 N–H and O–H groups in total. The Morgan fingerprint density at radius 3 is 2.64 bits per heavy atom. The number of rotatable bonds is 2. The van der Waals surface area contributed by atoms with Crippen LogP contribution in [0.2, 0.25) is 0 Å². The van der Waals surface area contributed by atoms with Crippen molar-refractivity contribution in [3.8, 4) is 0 Å². The van der Waals surface area contributed by atoms with Crippen LogP contribution in [0.15, 0.2) is 24.3 Å². The first-order valence-electron chi connectivity index (χ1n) is 3.12. The second-order valence-corrected chi connectivity index (χ2v) is 2.54. The highest BCUT2D eigenvalue weighted by atomic mass is 35.5. The molecule has 58 valence electrons. The highest BCUT2D eigenvalue weighted by Gasteiger charge is 2.03. The van der Waals surface area contributed by atoms with Gasteiger partial charge in [-0.2, -0.15) is 0 Å². The number of halogens is 2. The van der Waals surface area contributed by atoms with Gasteiger partial charge in [-0.3, -0.25) is 4.79 Å². The van der Waals surface area contributed by atoms with E-state index in [9.17, 15) is 9.18 Å². The van der Waals surface area contributed by atoms with Gasteiger partial charge in [-0.15, -0.1) is 0 Å². The van der Waals surface area contributed by atoms with Gasteiger partial charge in [-0.1, -0.05) is 18.2 Å². The van der Waals surface area contributed by atoms with Crippen LogP contribution in [0.3, 0.4) is 0 Å². The van der Waals surface area contributed by atoms with Crippen LogP contribution in [0.4, 0.5) is 4.39 Å². The molecule has 0 unspecified atom stereocenters. The Morgan fingerprint density at radius 2 is 2.09 bits per heavy atom. The molecular formula is C8H6ClFO. The number of hydrogen-bond donors (Lipinski definition) is 0. The third kappa shape index (κ3) is 2.31. The van der Waals surface area contributed by atoms with Crippen molar-refractivity contribution in [3.63, 3.8) is 0 Å². The minimum absolute atomic E-state index is 0.0474. The van der Waals surface area contributed by atoms with E-state index in [2.05, 4.69) is 0 Å². The van der Waals surface area contributed by atoms with Gasteiger partial charge in [0.2, 0.25) is 5.24 Å².